The van der Waals surface area contributed by atoms with Crippen LogP contribution in [0.3, 0.4) is 0 Å². The van der Waals surface area contributed by atoms with Gasteiger partial charge in [-0.05, 0) is 17.9 Å². The van der Waals surface area contributed by atoms with Crippen molar-refractivity contribution in [2.75, 3.05) is 6.54 Å². The number of aliphatic carboxylic acids is 1. The summed E-state index contributed by atoms with van der Waals surface area (Å²) < 4.78 is 0. The summed E-state index contributed by atoms with van der Waals surface area (Å²) in [6.07, 6.45) is 0.404. The van der Waals surface area contributed by atoms with Gasteiger partial charge in [0.05, 0.1) is 0 Å². The molecule has 1 aliphatic rings. The van der Waals surface area contributed by atoms with Gasteiger partial charge in [-0.15, -0.1) is 11.3 Å². The molecule has 80 valence electrons. The van der Waals surface area contributed by atoms with Gasteiger partial charge in [-0.2, -0.15) is 0 Å². The number of carboxylic acid groups (broad SMARTS) is 1. The summed E-state index contributed by atoms with van der Waals surface area (Å²) in [4.78, 5) is 23.2. The van der Waals surface area contributed by atoms with E-state index < -0.39 is 11.9 Å². The molecule has 1 amide bonds. The van der Waals surface area contributed by atoms with Crippen molar-refractivity contribution in [1.29, 1.82) is 0 Å². The number of hydrogen-bond acceptors (Lipinski definition) is 3. The molecule has 0 aromatic carbocycles. The summed E-state index contributed by atoms with van der Waals surface area (Å²) in [6, 6.07) is 3.91. The van der Waals surface area contributed by atoms with Gasteiger partial charge in [0.2, 0.25) is 5.91 Å². The fourth-order valence-electron chi connectivity index (χ4n) is 1.78. The Hall–Kier alpha value is -1.36. The molecule has 1 aromatic heterocycles. The Balaban J connectivity index is 2.12. The first-order chi connectivity index (χ1) is 7.18. The molecule has 1 aromatic rings. The molecular weight excluding hydrogens is 214 g/mol. The predicted octanol–water partition coefficient (Wildman–Crippen LogP) is 1.05. The Labute approximate surface area is 90.9 Å². The Morgan fingerprint density at radius 2 is 2.40 bits per heavy atom. The van der Waals surface area contributed by atoms with Gasteiger partial charge in [0.15, 0.2) is 0 Å². The van der Waals surface area contributed by atoms with Crippen molar-refractivity contribution in [3.63, 3.8) is 0 Å². The first kappa shape index (κ1) is 10.2. The second kappa shape index (κ2) is 4.02. The third-order valence-corrected chi connectivity index (χ3v) is 3.64. The number of hydrogen-bond donors (Lipinski definition) is 2. The fourth-order valence-corrected chi connectivity index (χ4v) is 2.62. The van der Waals surface area contributed by atoms with Gasteiger partial charge in [0.1, 0.15) is 5.92 Å². The van der Waals surface area contributed by atoms with Crippen LogP contribution < -0.4 is 5.32 Å². The lowest BCUT2D eigenvalue weighted by molar-refractivity contribution is -0.148. The van der Waals surface area contributed by atoms with Gasteiger partial charge in [-0.25, -0.2) is 0 Å². The van der Waals surface area contributed by atoms with Crippen LogP contribution in [0.15, 0.2) is 17.5 Å². The first-order valence-corrected chi connectivity index (χ1v) is 5.60. The fraction of sp³-hybridized carbons (Fsp3) is 0.400. The molecule has 1 saturated heterocycles. The minimum Gasteiger partial charge on any atom is -0.481 e. The highest BCUT2D eigenvalue weighted by Gasteiger charge is 2.34. The molecule has 2 heterocycles. The maximum Gasteiger partial charge on any atom is 0.316 e. The van der Waals surface area contributed by atoms with E-state index in [1.54, 1.807) is 11.3 Å². The van der Waals surface area contributed by atoms with Crippen LogP contribution in [0.4, 0.5) is 0 Å². The van der Waals surface area contributed by atoms with Crippen molar-refractivity contribution in [3.8, 4) is 0 Å². The molecule has 0 bridgehead atoms. The van der Waals surface area contributed by atoms with E-state index in [0.29, 0.717) is 13.0 Å². The lowest BCUT2D eigenvalue weighted by Crippen LogP contribution is -2.43. The molecule has 2 rings (SSSR count). The number of carboxylic acids is 1. The van der Waals surface area contributed by atoms with E-state index in [0.717, 1.165) is 4.88 Å². The average Bonchev–Trinajstić information content (AvgIpc) is 2.71. The van der Waals surface area contributed by atoms with E-state index in [4.69, 9.17) is 5.11 Å². The molecule has 1 fully saturated rings. The van der Waals surface area contributed by atoms with Crippen molar-refractivity contribution in [2.45, 2.75) is 12.3 Å². The molecule has 0 unspecified atom stereocenters. The molecule has 2 atom stereocenters. The van der Waals surface area contributed by atoms with Crippen LogP contribution in [-0.4, -0.2) is 23.5 Å². The monoisotopic (exact) mass is 225 g/mol. The van der Waals surface area contributed by atoms with Crippen molar-refractivity contribution in [3.05, 3.63) is 22.4 Å². The highest BCUT2D eigenvalue weighted by molar-refractivity contribution is 7.10. The molecule has 2 N–H and O–H groups in total. The first-order valence-electron chi connectivity index (χ1n) is 4.72. The average molecular weight is 225 g/mol. The lowest BCUT2D eigenvalue weighted by Gasteiger charge is -2.25. The third-order valence-electron chi connectivity index (χ3n) is 2.60. The van der Waals surface area contributed by atoms with Crippen molar-refractivity contribution in [2.24, 2.45) is 5.92 Å². The van der Waals surface area contributed by atoms with E-state index in [1.807, 2.05) is 17.5 Å². The van der Waals surface area contributed by atoms with Crippen molar-refractivity contribution < 1.29 is 14.7 Å². The molecule has 5 heteroatoms. The molecular formula is C10H11NO3S. The second-order valence-electron chi connectivity index (χ2n) is 3.58. The maximum atomic E-state index is 11.3. The van der Waals surface area contributed by atoms with Crippen LogP contribution >= 0.6 is 11.3 Å². The molecule has 0 radical (unpaired) electrons. The lowest BCUT2D eigenvalue weighted by atomic mass is 9.89. The van der Waals surface area contributed by atoms with Crippen molar-refractivity contribution >= 4 is 23.2 Å². The van der Waals surface area contributed by atoms with Gasteiger partial charge < -0.3 is 10.4 Å². The highest BCUT2D eigenvalue weighted by atomic mass is 32.1. The highest BCUT2D eigenvalue weighted by Crippen LogP contribution is 2.29. The Kier molecular flexibility index (Phi) is 2.73. The van der Waals surface area contributed by atoms with Gasteiger partial charge in [0, 0.05) is 17.3 Å². The zero-order chi connectivity index (χ0) is 10.8. The van der Waals surface area contributed by atoms with Crippen LogP contribution in [0.5, 0.6) is 0 Å². The smallest absolute Gasteiger partial charge is 0.316 e. The number of piperidine rings is 1. The van der Waals surface area contributed by atoms with Gasteiger partial charge in [0.25, 0.3) is 0 Å². The maximum absolute atomic E-state index is 11.3. The topological polar surface area (TPSA) is 66.4 Å². The minimum absolute atomic E-state index is 0.142. The number of nitrogens with one attached hydrogen (secondary N) is 1. The summed E-state index contributed by atoms with van der Waals surface area (Å²) in [5, 5.41) is 13.5. The number of rotatable bonds is 2. The summed E-state index contributed by atoms with van der Waals surface area (Å²) in [5.41, 5.74) is 0. The van der Waals surface area contributed by atoms with Crippen LogP contribution in [-0.2, 0) is 9.59 Å². The predicted molar refractivity (Wildman–Crippen MR) is 55.8 cm³/mol. The zero-order valence-corrected chi connectivity index (χ0v) is 8.79. The number of carbonyl (C=O) groups is 2. The molecule has 0 spiro atoms. The van der Waals surface area contributed by atoms with Gasteiger partial charge >= 0.3 is 5.97 Å². The molecule has 0 aliphatic carbocycles. The minimum atomic E-state index is -1.03. The van der Waals surface area contributed by atoms with Crippen LogP contribution in [0, 0.1) is 5.92 Å². The Bertz CT molecular complexity index is 374. The van der Waals surface area contributed by atoms with Crippen LogP contribution in [0.25, 0.3) is 0 Å². The SMILES string of the molecule is O=C(O)[C@@H]1C[C@@H](c2cccs2)CNC1=O. The van der Waals surface area contributed by atoms with Crippen molar-refractivity contribution in [1.82, 2.24) is 5.32 Å². The van der Waals surface area contributed by atoms with Gasteiger partial charge in [-0.3, -0.25) is 9.59 Å². The number of carbonyl (C=O) groups excluding carboxylic acids is 1. The quantitative estimate of drug-likeness (QED) is 0.739. The second-order valence-corrected chi connectivity index (χ2v) is 4.56. The van der Waals surface area contributed by atoms with E-state index in [2.05, 4.69) is 5.32 Å². The summed E-state index contributed by atoms with van der Waals surface area (Å²) >= 11 is 1.60. The largest absolute Gasteiger partial charge is 0.481 e. The zero-order valence-electron chi connectivity index (χ0n) is 7.97. The molecule has 0 saturated carbocycles. The van der Waals surface area contributed by atoms with Crippen LogP contribution in [0.1, 0.15) is 17.2 Å². The Morgan fingerprint density at radius 1 is 1.60 bits per heavy atom. The molecule has 1 aliphatic heterocycles. The number of amides is 1. The number of thiophene rings is 1. The summed E-state index contributed by atoms with van der Waals surface area (Å²) in [7, 11) is 0. The standard InChI is InChI=1S/C10H11NO3S/c12-9-7(10(13)14)4-6(5-11-9)8-2-1-3-15-8/h1-3,6-7H,4-5H2,(H,11,12)(H,13,14)/t6-,7-/m1/s1. The molecule has 15 heavy (non-hydrogen) atoms. The summed E-state index contributed by atoms with van der Waals surface area (Å²) in [5.74, 6) is -2.15. The van der Waals surface area contributed by atoms with Crippen LogP contribution in [0.2, 0.25) is 0 Å². The third kappa shape index (κ3) is 2.02. The summed E-state index contributed by atoms with van der Waals surface area (Å²) in [6.45, 7) is 0.545. The van der Waals surface area contributed by atoms with Gasteiger partial charge in [-0.1, -0.05) is 6.07 Å². The molecule has 4 nitrogen and oxygen atoms in total. The van der Waals surface area contributed by atoms with E-state index >= 15 is 0 Å². The van der Waals surface area contributed by atoms with E-state index in [9.17, 15) is 9.59 Å². The normalized spacial score (nSPS) is 26.0. The Morgan fingerprint density at radius 3 is 3.00 bits per heavy atom. The van der Waals surface area contributed by atoms with E-state index in [-0.39, 0.29) is 11.8 Å². The van der Waals surface area contributed by atoms with E-state index in [1.165, 1.54) is 0 Å².